The molecule has 0 spiro atoms. The Bertz CT molecular complexity index is 3640. The highest BCUT2D eigenvalue weighted by molar-refractivity contribution is 5.90. The minimum Gasteiger partial charge on any atom is -0.208 e. The van der Waals surface area contributed by atoms with Crippen LogP contribution in [0.3, 0.4) is 0 Å². The van der Waals surface area contributed by atoms with Crippen LogP contribution in [0.4, 0.5) is 0 Å². The van der Waals surface area contributed by atoms with Gasteiger partial charge in [-0.2, -0.15) is 0 Å². The molecular weight excluding hydrogens is 871 g/mol. The summed E-state index contributed by atoms with van der Waals surface area (Å²) >= 11 is 0. The second kappa shape index (κ2) is 18.4. The summed E-state index contributed by atoms with van der Waals surface area (Å²) in [6.07, 6.45) is 0. The molecule has 1 aromatic heterocycles. The smallest absolute Gasteiger partial charge is 0.164 e. The molecule has 13 rings (SSSR count). The zero-order valence-electron chi connectivity index (χ0n) is 39.3. The molecule has 0 bridgehead atoms. The van der Waals surface area contributed by atoms with Crippen LogP contribution >= 0.6 is 0 Å². The number of fused-ring (bicyclic) bond motifs is 3. The largest absolute Gasteiger partial charge is 0.208 e. The quantitative estimate of drug-likeness (QED) is 0.145. The van der Waals surface area contributed by atoms with Gasteiger partial charge in [0.2, 0.25) is 0 Å². The lowest BCUT2D eigenvalue weighted by atomic mass is 9.97. The fourth-order valence-corrected chi connectivity index (χ4v) is 9.87. The summed E-state index contributed by atoms with van der Waals surface area (Å²) in [7, 11) is 0. The van der Waals surface area contributed by atoms with Crippen molar-refractivity contribution in [2.75, 3.05) is 0 Å². The van der Waals surface area contributed by atoms with Crippen LogP contribution in [0, 0.1) is 0 Å². The third kappa shape index (κ3) is 8.50. The first kappa shape index (κ1) is 42.5. The van der Waals surface area contributed by atoms with Crippen LogP contribution in [0.15, 0.2) is 273 Å². The maximum Gasteiger partial charge on any atom is 0.164 e. The van der Waals surface area contributed by atoms with Gasteiger partial charge in [0.1, 0.15) is 0 Å². The lowest BCUT2D eigenvalue weighted by Crippen LogP contribution is -2.00. The molecule has 3 nitrogen and oxygen atoms in total. The second-order valence-corrected chi connectivity index (χ2v) is 18.5. The molecule has 12 aromatic carbocycles. The number of hydrogen-bond donors (Lipinski definition) is 0. The summed E-state index contributed by atoms with van der Waals surface area (Å²) < 4.78 is 0. The molecule has 0 atom stereocenters. The van der Waals surface area contributed by atoms with Gasteiger partial charge in [-0.1, -0.05) is 255 Å². The first-order valence-electron chi connectivity index (χ1n) is 24.5. The Kier molecular flexibility index (Phi) is 10.9. The van der Waals surface area contributed by atoms with E-state index in [0.717, 1.165) is 50.1 Å². The molecule has 0 aliphatic heterocycles. The molecule has 0 fully saturated rings. The van der Waals surface area contributed by atoms with E-state index in [9.17, 15) is 0 Å². The molecule has 3 heteroatoms. The van der Waals surface area contributed by atoms with Crippen molar-refractivity contribution >= 4 is 32.3 Å². The first-order valence-corrected chi connectivity index (χ1v) is 24.5. The average Bonchev–Trinajstić information content (AvgIpc) is 3.47. The number of rotatable bonds is 9. The highest BCUT2D eigenvalue weighted by Gasteiger charge is 2.15. The summed E-state index contributed by atoms with van der Waals surface area (Å²) in [6, 6.07) is 97.5. The van der Waals surface area contributed by atoms with Gasteiger partial charge in [0.05, 0.1) is 0 Å². The first-order chi connectivity index (χ1) is 35.6. The van der Waals surface area contributed by atoms with E-state index in [1.807, 2.05) is 0 Å². The number of aromatic nitrogens is 3. The Morgan fingerprint density at radius 2 is 0.306 bits per heavy atom. The van der Waals surface area contributed by atoms with Gasteiger partial charge in [-0.05, 0) is 117 Å². The van der Waals surface area contributed by atoms with Crippen molar-refractivity contribution in [2.24, 2.45) is 0 Å². The molecule has 0 saturated carbocycles. The van der Waals surface area contributed by atoms with Crippen molar-refractivity contribution in [3.63, 3.8) is 0 Å². The molecule has 0 N–H and O–H groups in total. The Labute approximate surface area is 419 Å². The zero-order valence-corrected chi connectivity index (χ0v) is 39.3. The fraction of sp³-hybridized carbons (Fsp3) is 0. The molecule has 13 aromatic rings. The normalized spacial score (nSPS) is 11.3. The van der Waals surface area contributed by atoms with Crippen LogP contribution in [0.2, 0.25) is 0 Å². The minimum atomic E-state index is 0.620. The molecule has 0 radical (unpaired) electrons. The fourth-order valence-electron chi connectivity index (χ4n) is 9.87. The minimum absolute atomic E-state index is 0.620. The van der Waals surface area contributed by atoms with E-state index in [-0.39, 0.29) is 0 Å². The highest BCUT2D eigenvalue weighted by Crippen LogP contribution is 2.34. The summed E-state index contributed by atoms with van der Waals surface area (Å²) in [4.78, 5) is 15.4. The molecular formula is C69H45N3. The molecule has 336 valence electrons. The van der Waals surface area contributed by atoms with Crippen molar-refractivity contribution in [3.8, 4) is 101 Å². The third-order valence-corrected chi connectivity index (χ3v) is 14.0. The van der Waals surface area contributed by atoms with Crippen LogP contribution in [-0.4, -0.2) is 15.0 Å². The van der Waals surface area contributed by atoms with Crippen LogP contribution < -0.4 is 0 Å². The monoisotopic (exact) mass is 915 g/mol. The van der Waals surface area contributed by atoms with Crippen molar-refractivity contribution < 1.29 is 0 Å². The third-order valence-electron chi connectivity index (χ3n) is 14.0. The lowest BCUT2D eigenvalue weighted by molar-refractivity contribution is 1.07. The van der Waals surface area contributed by atoms with E-state index in [1.165, 1.54) is 65.7 Å². The number of nitrogens with zero attached hydrogens (tertiary/aromatic N) is 3. The van der Waals surface area contributed by atoms with E-state index in [2.05, 4.69) is 273 Å². The Balaban J connectivity index is 0.796. The SMILES string of the molecule is c1ccc2cc(-c3ccc(-c4ccc(-c5nc(-c6ccc(-c7ccc(-c8ccc9ccccc9c8)cc7)cc6)nc(-c6ccc(-c7ccc(-c8ccc9ccccc9c8)cc7)cc6)n5)cc4)cc3)ccc2c1. The molecule has 0 saturated heterocycles. The summed E-state index contributed by atoms with van der Waals surface area (Å²) in [5.74, 6) is 1.86. The predicted octanol–water partition coefficient (Wildman–Crippen LogP) is 18.3. The maximum atomic E-state index is 5.13. The van der Waals surface area contributed by atoms with Gasteiger partial charge in [0.15, 0.2) is 17.5 Å². The Morgan fingerprint density at radius 1 is 0.139 bits per heavy atom. The summed E-state index contributed by atoms with van der Waals surface area (Å²) in [5.41, 5.74) is 16.8. The van der Waals surface area contributed by atoms with Gasteiger partial charge in [-0.25, -0.2) is 15.0 Å². The van der Waals surface area contributed by atoms with Gasteiger partial charge >= 0.3 is 0 Å². The molecule has 0 unspecified atom stereocenters. The van der Waals surface area contributed by atoms with Crippen molar-refractivity contribution in [1.29, 1.82) is 0 Å². The van der Waals surface area contributed by atoms with Crippen molar-refractivity contribution in [2.45, 2.75) is 0 Å². The van der Waals surface area contributed by atoms with Gasteiger partial charge < -0.3 is 0 Å². The number of hydrogen-bond acceptors (Lipinski definition) is 3. The highest BCUT2D eigenvalue weighted by atomic mass is 15.0. The zero-order chi connectivity index (χ0) is 47.8. The van der Waals surface area contributed by atoms with E-state index in [1.54, 1.807) is 0 Å². The summed E-state index contributed by atoms with van der Waals surface area (Å²) in [5, 5.41) is 7.47. The van der Waals surface area contributed by atoms with Crippen LogP contribution in [0.25, 0.3) is 133 Å². The van der Waals surface area contributed by atoms with Crippen LogP contribution in [0.1, 0.15) is 0 Å². The summed E-state index contributed by atoms with van der Waals surface area (Å²) in [6.45, 7) is 0. The lowest BCUT2D eigenvalue weighted by Gasteiger charge is -2.11. The Hall–Kier alpha value is -9.57. The van der Waals surface area contributed by atoms with Crippen molar-refractivity contribution in [3.05, 3.63) is 273 Å². The van der Waals surface area contributed by atoms with E-state index in [0.29, 0.717) is 17.5 Å². The standard InChI is InChI=1S/C69H45N3/c1-4-10-61-43-64(40-31-46(61)7-1)55-19-13-49(14-20-55)52-25-34-58(35-26-52)67-70-68(59-36-27-53(28-37-59)50-15-21-56(22-16-50)65-41-32-47-8-2-5-11-62(47)44-65)72-69(71-67)60-38-29-54(30-39-60)51-17-23-57(24-18-51)66-42-33-48-9-3-6-12-63(48)45-66/h1-45H. The van der Waals surface area contributed by atoms with Crippen LogP contribution in [0.5, 0.6) is 0 Å². The van der Waals surface area contributed by atoms with Gasteiger partial charge in [-0.15, -0.1) is 0 Å². The molecule has 0 aliphatic carbocycles. The topological polar surface area (TPSA) is 38.7 Å². The predicted molar refractivity (Wildman–Crippen MR) is 301 cm³/mol. The van der Waals surface area contributed by atoms with Gasteiger partial charge in [0.25, 0.3) is 0 Å². The van der Waals surface area contributed by atoms with E-state index < -0.39 is 0 Å². The molecule has 0 amide bonds. The van der Waals surface area contributed by atoms with Crippen LogP contribution in [-0.2, 0) is 0 Å². The van der Waals surface area contributed by atoms with E-state index >= 15 is 0 Å². The Morgan fingerprint density at radius 3 is 0.528 bits per heavy atom. The molecule has 0 aliphatic rings. The van der Waals surface area contributed by atoms with Gasteiger partial charge in [-0.3, -0.25) is 0 Å². The average molecular weight is 916 g/mol. The van der Waals surface area contributed by atoms with E-state index in [4.69, 9.17) is 15.0 Å². The van der Waals surface area contributed by atoms with Crippen molar-refractivity contribution in [1.82, 2.24) is 15.0 Å². The second-order valence-electron chi connectivity index (χ2n) is 18.5. The maximum absolute atomic E-state index is 5.13. The number of benzene rings is 12. The van der Waals surface area contributed by atoms with Gasteiger partial charge in [0, 0.05) is 16.7 Å². The molecule has 72 heavy (non-hydrogen) atoms. The molecule has 1 heterocycles.